The first-order chi connectivity index (χ1) is 22.7. The Hall–Kier alpha value is -4.23. The number of carboxylic acids is 1. The quantitative estimate of drug-likeness (QED) is 0.243. The number of H-pyrrole nitrogens is 1. The van der Waals surface area contributed by atoms with E-state index in [1.54, 1.807) is 17.8 Å². The molecule has 10 nitrogen and oxygen atoms in total. The van der Waals surface area contributed by atoms with Crippen molar-refractivity contribution >= 4 is 37.5 Å². The van der Waals surface area contributed by atoms with Crippen molar-refractivity contribution in [1.82, 2.24) is 24.7 Å². The highest BCUT2D eigenvalue weighted by atomic mass is 32.2. The number of carbonyl (C=O) groups is 1. The predicted octanol–water partition coefficient (Wildman–Crippen LogP) is 5.76. The van der Waals surface area contributed by atoms with Crippen LogP contribution < -0.4 is 0 Å². The molecule has 0 saturated heterocycles. The van der Waals surface area contributed by atoms with E-state index in [1.165, 1.54) is 24.5 Å². The molecule has 0 spiro atoms. The number of nitrogens with zero attached hydrogens (tertiary/aromatic N) is 4. The summed E-state index contributed by atoms with van der Waals surface area (Å²) in [5.41, 5.74) is 1.10. The number of benzene rings is 2. The third-order valence-corrected chi connectivity index (χ3v) is 12.8. The molecule has 4 heterocycles. The Morgan fingerprint density at radius 2 is 1.88 bits per heavy atom. The van der Waals surface area contributed by atoms with Gasteiger partial charge in [0.15, 0.2) is 21.5 Å². The van der Waals surface area contributed by atoms with Crippen molar-refractivity contribution in [3.8, 4) is 11.5 Å². The number of aryl methyl sites for hydroxylation is 2. The molecule has 6 rings (SSSR count). The fourth-order valence-electron chi connectivity index (χ4n) is 6.86. The number of carboxylic acid groups (broad SMARTS) is 1. The van der Waals surface area contributed by atoms with Crippen LogP contribution in [0.15, 0.2) is 70.7 Å². The molecular formula is C35H38FN5O5S2. The zero-order valence-electron chi connectivity index (χ0n) is 27.3. The number of hydrogen-bond acceptors (Lipinski definition) is 7. The van der Waals surface area contributed by atoms with Gasteiger partial charge in [-0.25, -0.2) is 26.7 Å². The summed E-state index contributed by atoms with van der Waals surface area (Å²) in [6.45, 7) is 5.94. The molecule has 2 atom stereocenters. The van der Waals surface area contributed by atoms with E-state index in [4.69, 9.17) is 10.1 Å². The van der Waals surface area contributed by atoms with Gasteiger partial charge in [0.1, 0.15) is 11.5 Å². The van der Waals surface area contributed by atoms with Crippen LogP contribution in [0, 0.1) is 11.2 Å². The zero-order valence-corrected chi connectivity index (χ0v) is 28.9. The van der Waals surface area contributed by atoms with Gasteiger partial charge in [-0.05, 0) is 66.5 Å². The van der Waals surface area contributed by atoms with Crippen LogP contribution in [0.25, 0.3) is 22.4 Å². The smallest absolute Gasteiger partial charge is 0.307 e. The number of hydrogen-bond donors (Lipinski definition) is 2. The van der Waals surface area contributed by atoms with Crippen LogP contribution in [0.4, 0.5) is 4.39 Å². The topological polar surface area (TPSA) is 148 Å². The first-order valence-corrected chi connectivity index (χ1v) is 18.7. The number of halogens is 1. The lowest BCUT2D eigenvalue weighted by Gasteiger charge is -2.30. The fourth-order valence-corrected chi connectivity index (χ4v) is 10.2. The Morgan fingerprint density at radius 3 is 2.60 bits per heavy atom. The van der Waals surface area contributed by atoms with Gasteiger partial charge in [0.25, 0.3) is 0 Å². The largest absolute Gasteiger partial charge is 0.481 e. The fraction of sp³-hybridized carbons (Fsp3) is 0.371. The summed E-state index contributed by atoms with van der Waals surface area (Å²) >= 11 is 0. The lowest BCUT2D eigenvalue weighted by molar-refractivity contribution is -0.136. The SMILES string of the molecule is Cn1nc2nc1-c1cc(ccn1)S(=O)c1c(F)cc3[nH]cc(CC(=O)O)c3c1CCS(=O)(=O)CC(C)(C)CCC[C@]2(C)c1ccccc1. The number of sulfone groups is 1. The highest BCUT2D eigenvalue weighted by molar-refractivity contribution is 7.91. The van der Waals surface area contributed by atoms with Gasteiger partial charge in [-0.3, -0.25) is 9.78 Å². The summed E-state index contributed by atoms with van der Waals surface area (Å²) in [5.74, 6) is -1.29. The lowest BCUT2D eigenvalue weighted by atomic mass is 9.75. The van der Waals surface area contributed by atoms with E-state index in [9.17, 15) is 22.5 Å². The maximum atomic E-state index is 16.0. The molecule has 0 amide bonds. The van der Waals surface area contributed by atoms with Gasteiger partial charge in [-0.2, -0.15) is 5.10 Å². The summed E-state index contributed by atoms with van der Waals surface area (Å²) < 4.78 is 59.4. The average Bonchev–Trinajstić information content (AvgIpc) is 3.61. The number of rotatable bonds is 3. The van der Waals surface area contributed by atoms with Gasteiger partial charge < -0.3 is 10.1 Å². The maximum absolute atomic E-state index is 16.0. The second-order valence-electron chi connectivity index (χ2n) is 13.6. The van der Waals surface area contributed by atoms with Crippen LogP contribution in [-0.2, 0) is 50.7 Å². The molecular weight excluding hydrogens is 654 g/mol. The minimum Gasteiger partial charge on any atom is -0.481 e. The second kappa shape index (κ2) is 12.7. The van der Waals surface area contributed by atoms with Gasteiger partial charge in [0.2, 0.25) is 0 Å². The zero-order chi connectivity index (χ0) is 34.4. The molecule has 2 N–H and O–H groups in total. The van der Waals surface area contributed by atoms with Gasteiger partial charge in [-0.1, -0.05) is 50.6 Å². The third kappa shape index (κ3) is 6.57. The van der Waals surface area contributed by atoms with Gasteiger partial charge in [0.05, 0.1) is 39.0 Å². The summed E-state index contributed by atoms with van der Waals surface area (Å²) in [6.07, 6.45) is 4.40. The van der Waals surface area contributed by atoms with Gasteiger partial charge >= 0.3 is 5.97 Å². The van der Waals surface area contributed by atoms with Gasteiger partial charge in [0, 0.05) is 35.2 Å². The summed E-state index contributed by atoms with van der Waals surface area (Å²) in [6, 6.07) is 14.2. The Bertz CT molecular complexity index is 2160. The van der Waals surface area contributed by atoms with Crippen molar-refractivity contribution in [1.29, 1.82) is 0 Å². The van der Waals surface area contributed by atoms with Gasteiger partial charge in [-0.15, -0.1) is 0 Å². The molecule has 13 heteroatoms. The number of aliphatic carboxylic acids is 1. The molecule has 4 bridgehead atoms. The normalized spacial score (nSPS) is 21.2. The summed E-state index contributed by atoms with van der Waals surface area (Å²) in [5, 5.41) is 14.8. The molecule has 1 aliphatic rings. The molecule has 0 fully saturated rings. The monoisotopic (exact) mass is 691 g/mol. The Morgan fingerprint density at radius 1 is 1.12 bits per heavy atom. The standard InChI is InChI=1S/C35H38FN5O5S2/c1-34(2)13-8-14-35(3,23-9-6-5-7-10-23)33-39-32(41(4)40-33)28-18-24(11-15-37-28)47(44)31-25(12-16-48(45,46)21-34)30-22(17-29(42)43)20-38-27(30)19-26(31)36/h5-7,9-11,15,18-20,38H,8,12-14,16-17,21H2,1-4H3,(H,42,43)/t35-,47?/m1/s1. The Balaban J connectivity index is 1.56. The molecule has 2 aromatic carbocycles. The van der Waals surface area contributed by atoms with Crippen LogP contribution in [-0.4, -0.2) is 59.9 Å². The van der Waals surface area contributed by atoms with E-state index in [2.05, 4.69) is 16.9 Å². The number of aromatic amines is 1. The van der Waals surface area contributed by atoms with E-state index < -0.39 is 43.3 Å². The van der Waals surface area contributed by atoms with E-state index in [1.807, 2.05) is 44.2 Å². The number of nitrogens with one attached hydrogen (secondary N) is 1. The van der Waals surface area contributed by atoms with Crippen LogP contribution in [0.2, 0.25) is 0 Å². The minimum absolute atomic E-state index is 0.103. The maximum Gasteiger partial charge on any atom is 0.307 e. The predicted molar refractivity (Wildman–Crippen MR) is 181 cm³/mol. The molecule has 252 valence electrons. The highest BCUT2D eigenvalue weighted by Crippen LogP contribution is 2.39. The van der Waals surface area contributed by atoms with E-state index in [0.717, 1.165) is 5.56 Å². The van der Waals surface area contributed by atoms with Crippen LogP contribution in [0.3, 0.4) is 0 Å². The molecule has 1 aliphatic heterocycles. The van der Waals surface area contributed by atoms with Crippen molar-refractivity contribution < 1.29 is 26.9 Å². The number of aromatic nitrogens is 5. The lowest BCUT2D eigenvalue weighted by Crippen LogP contribution is -2.29. The Labute approximate surface area is 281 Å². The summed E-state index contributed by atoms with van der Waals surface area (Å²) in [7, 11) is -4.05. The third-order valence-electron chi connectivity index (χ3n) is 9.23. The van der Waals surface area contributed by atoms with Crippen LogP contribution >= 0.6 is 0 Å². The minimum atomic E-state index is -3.69. The first kappa shape index (κ1) is 33.7. The molecule has 48 heavy (non-hydrogen) atoms. The molecule has 5 aromatic rings. The van der Waals surface area contributed by atoms with E-state index in [0.29, 0.717) is 53.1 Å². The molecule has 1 unspecified atom stereocenters. The molecule has 3 aromatic heterocycles. The number of fused-ring (bicyclic) bond motifs is 8. The van der Waals surface area contributed by atoms with Crippen molar-refractivity contribution in [2.24, 2.45) is 12.5 Å². The molecule has 0 saturated carbocycles. The van der Waals surface area contributed by atoms with Crippen molar-refractivity contribution in [3.63, 3.8) is 0 Å². The summed E-state index contributed by atoms with van der Waals surface area (Å²) in [4.78, 5) is 24.2. The van der Waals surface area contributed by atoms with Crippen LogP contribution in [0.5, 0.6) is 0 Å². The number of pyridine rings is 1. The van der Waals surface area contributed by atoms with E-state index in [-0.39, 0.29) is 39.7 Å². The van der Waals surface area contributed by atoms with Crippen LogP contribution in [0.1, 0.15) is 62.5 Å². The average molecular weight is 692 g/mol. The molecule has 0 aliphatic carbocycles. The van der Waals surface area contributed by atoms with Crippen molar-refractivity contribution in [3.05, 3.63) is 89.3 Å². The second-order valence-corrected chi connectivity index (χ2v) is 17.2. The Kier molecular flexibility index (Phi) is 8.88. The highest BCUT2D eigenvalue weighted by Gasteiger charge is 2.36. The first-order valence-electron chi connectivity index (χ1n) is 15.8. The molecule has 0 radical (unpaired) electrons. The van der Waals surface area contributed by atoms with Crippen molar-refractivity contribution in [2.75, 3.05) is 11.5 Å². The van der Waals surface area contributed by atoms with E-state index >= 15 is 4.39 Å². The van der Waals surface area contributed by atoms with Crippen molar-refractivity contribution in [2.45, 2.75) is 68.1 Å².